The Labute approximate surface area is 104 Å². The standard InChI is InChI=1S/C11H15N3O4/c1-3-6-12-11(15)13-8-4-5-10(18-2)9(7-8)14(16)17/h4-5,7H,3,6H2,1-2H3,(H2,12,13,15). The van der Waals surface area contributed by atoms with E-state index in [1.807, 2.05) is 6.92 Å². The molecule has 0 aliphatic rings. The molecular formula is C11H15N3O4. The Morgan fingerprint density at radius 2 is 2.22 bits per heavy atom. The van der Waals surface area contributed by atoms with E-state index in [0.29, 0.717) is 12.2 Å². The summed E-state index contributed by atoms with van der Waals surface area (Å²) in [6.45, 7) is 2.47. The van der Waals surface area contributed by atoms with Gasteiger partial charge in [-0.15, -0.1) is 0 Å². The normalized spacial score (nSPS) is 9.67. The number of amides is 2. The highest BCUT2D eigenvalue weighted by Gasteiger charge is 2.15. The number of nitrogens with zero attached hydrogens (tertiary/aromatic N) is 1. The Morgan fingerprint density at radius 1 is 1.50 bits per heavy atom. The number of urea groups is 1. The third-order valence-electron chi connectivity index (χ3n) is 2.17. The highest BCUT2D eigenvalue weighted by Crippen LogP contribution is 2.29. The molecule has 0 saturated carbocycles. The van der Waals surface area contributed by atoms with Gasteiger partial charge < -0.3 is 15.4 Å². The van der Waals surface area contributed by atoms with E-state index in [1.54, 1.807) is 0 Å². The number of benzene rings is 1. The molecule has 98 valence electrons. The SMILES string of the molecule is CCCNC(=O)Nc1ccc(OC)c([N+](=O)[O-])c1. The van der Waals surface area contributed by atoms with Crippen LogP contribution in [0.4, 0.5) is 16.2 Å². The fourth-order valence-corrected chi connectivity index (χ4v) is 1.32. The zero-order chi connectivity index (χ0) is 13.5. The lowest BCUT2D eigenvalue weighted by atomic mass is 10.2. The molecule has 0 radical (unpaired) electrons. The van der Waals surface area contributed by atoms with Crippen molar-refractivity contribution in [2.24, 2.45) is 0 Å². The maximum atomic E-state index is 11.4. The molecule has 0 bridgehead atoms. The Hall–Kier alpha value is -2.31. The van der Waals surface area contributed by atoms with Gasteiger partial charge in [0.25, 0.3) is 0 Å². The molecule has 1 aromatic carbocycles. The maximum absolute atomic E-state index is 11.4. The third kappa shape index (κ3) is 3.62. The Balaban J connectivity index is 2.82. The van der Waals surface area contributed by atoms with E-state index in [2.05, 4.69) is 10.6 Å². The summed E-state index contributed by atoms with van der Waals surface area (Å²) in [6, 6.07) is 3.84. The molecule has 7 nitrogen and oxygen atoms in total. The molecule has 18 heavy (non-hydrogen) atoms. The summed E-state index contributed by atoms with van der Waals surface area (Å²) in [5.41, 5.74) is 0.155. The lowest BCUT2D eigenvalue weighted by Gasteiger charge is -2.07. The molecule has 0 fully saturated rings. The zero-order valence-corrected chi connectivity index (χ0v) is 10.2. The molecule has 7 heteroatoms. The molecule has 0 aromatic heterocycles. The van der Waals surface area contributed by atoms with Gasteiger partial charge in [0, 0.05) is 18.3 Å². The van der Waals surface area contributed by atoms with Crippen LogP contribution in [-0.4, -0.2) is 24.6 Å². The van der Waals surface area contributed by atoms with E-state index in [4.69, 9.17) is 4.74 Å². The first-order chi connectivity index (χ1) is 8.58. The van der Waals surface area contributed by atoms with Crippen molar-refractivity contribution in [2.75, 3.05) is 19.0 Å². The maximum Gasteiger partial charge on any atom is 0.319 e. The van der Waals surface area contributed by atoms with Crippen LogP contribution in [0.2, 0.25) is 0 Å². The lowest BCUT2D eigenvalue weighted by molar-refractivity contribution is -0.385. The van der Waals surface area contributed by atoms with E-state index in [9.17, 15) is 14.9 Å². The number of rotatable bonds is 5. The average Bonchev–Trinajstić information content (AvgIpc) is 2.36. The number of nitro benzene ring substituents is 1. The molecule has 0 aliphatic heterocycles. The number of nitrogens with one attached hydrogen (secondary N) is 2. The molecule has 1 rings (SSSR count). The highest BCUT2D eigenvalue weighted by molar-refractivity contribution is 5.89. The highest BCUT2D eigenvalue weighted by atomic mass is 16.6. The smallest absolute Gasteiger partial charge is 0.319 e. The van der Waals surface area contributed by atoms with Gasteiger partial charge in [-0.05, 0) is 18.6 Å². The number of ether oxygens (including phenoxy) is 1. The van der Waals surface area contributed by atoms with Crippen molar-refractivity contribution in [3.05, 3.63) is 28.3 Å². The predicted octanol–water partition coefficient (Wildman–Crippen LogP) is 2.13. The number of methoxy groups -OCH3 is 1. The van der Waals surface area contributed by atoms with E-state index in [1.165, 1.54) is 25.3 Å². The van der Waals surface area contributed by atoms with Crippen LogP contribution < -0.4 is 15.4 Å². The number of nitro groups is 1. The summed E-state index contributed by atoms with van der Waals surface area (Å²) in [4.78, 5) is 21.6. The fourth-order valence-electron chi connectivity index (χ4n) is 1.32. The second kappa shape index (κ2) is 6.43. The van der Waals surface area contributed by atoms with Gasteiger partial charge in [-0.25, -0.2) is 4.79 Å². The van der Waals surface area contributed by atoms with Gasteiger partial charge in [0.1, 0.15) is 0 Å². The molecule has 0 atom stereocenters. The van der Waals surface area contributed by atoms with E-state index in [-0.39, 0.29) is 11.4 Å². The summed E-state index contributed by atoms with van der Waals surface area (Å²) in [6.07, 6.45) is 0.816. The first kappa shape index (κ1) is 13.8. The van der Waals surface area contributed by atoms with Gasteiger partial charge in [-0.1, -0.05) is 6.92 Å². The van der Waals surface area contributed by atoms with Crippen LogP contribution in [0.15, 0.2) is 18.2 Å². The van der Waals surface area contributed by atoms with Gasteiger partial charge in [0.05, 0.1) is 12.0 Å². The first-order valence-electron chi connectivity index (χ1n) is 5.45. The van der Waals surface area contributed by atoms with Gasteiger partial charge in [0.2, 0.25) is 0 Å². The van der Waals surface area contributed by atoms with E-state index in [0.717, 1.165) is 6.42 Å². The van der Waals surface area contributed by atoms with Crippen LogP contribution in [0.1, 0.15) is 13.3 Å². The topological polar surface area (TPSA) is 93.5 Å². The van der Waals surface area contributed by atoms with Crippen LogP contribution in [0.25, 0.3) is 0 Å². The minimum atomic E-state index is -0.562. The minimum absolute atomic E-state index is 0.152. The molecule has 0 saturated heterocycles. The van der Waals surface area contributed by atoms with Crippen LogP contribution in [0.5, 0.6) is 5.75 Å². The summed E-state index contributed by atoms with van der Waals surface area (Å²) in [5, 5.41) is 15.9. The molecule has 0 spiro atoms. The van der Waals surface area contributed by atoms with Gasteiger partial charge >= 0.3 is 11.7 Å². The Kier molecular flexibility index (Phi) is 4.91. The minimum Gasteiger partial charge on any atom is -0.490 e. The molecule has 2 amide bonds. The number of hydrogen-bond acceptors (Lipinski definition) is 4. The third-order valence-corrected chi connectivity index (χ3v) is 2.17. The average molecular weight is 253 g/mol. The van der Waals surface area contributed by atoms with Crippen molar-refractivity contribution in [1.29, 1.82) is 0 Å². The van der Waals surface area contributed by atoms with Crippen LogP contribution in [0.3, 0.4) is 0 Å². The van der Waals surface area contributed by atoms with E-state index >= 15 is 0 Å². The van der Waals surface area contributed by atoms with Crippen molar-refractivity contribution in [2.45, 2.75) is 13.3 Å². The number of carbonyl (C=O) groups excluding carboxylic acids is 1. The van der Waals surface area contributed by atoms with E-state index < -0.39 is 11.0 Å². The summed E-state index contributed by atoms with van der Waals surface area (Å²) < 4.78 is 4.86. The lowest BCUT2D eigenvalue weighted by Crippen LogP contribution is -2.29. The van der Waals surface area contributed by atoms with Crippen LogP contribution >= 0.6 is 0 Å². The number of hydrogen-bond donors (Lipinski definition) is 2. The molecule has 1 aromatic rings. The Bertz CT molecular complexity index is 448. The van der Waals surface area contributed by atoms with Crippen molar-refractivity contribution >= 4 is 17.4 Å². The summed E-state index contributed by atoms with van der Waals surface area (Å²) >= 11 is 0. The first-order valence-corrected chi connectivity index (χ1v) is 5.45. The fraction of sp³-hybridized carbons (Fsp3) is 0.364. The van der Waals surface area contributed by atoms with Crippen molar-refractivity contribution < 1.29 is 14.5 Å². The second-order valence-corrected chi connectivity index (χ2v) is 3.52. The van der Waals surface area contributed by atoms with Gasteiger partial charge in [-0.3, -0.25) is 10.1 Å². The van der Waals surface area contributed by atoms with Gasteiger partial charge in [-0.2, -0.15) is 0 Å². The van der Waals surface area contributed by atoms with Gasteiger partial charge in [0.15, 0.2) is 5.75 Å². The molecule has 0 heterocycles. The second-order valence-electron chi connectivity index (χ2n) is 3.52. The van der Waals surface area contributed by atoms with Crippen molar-refractivity contribution in [3.8, 4) is 5.75 Å². The number of anilines is 1. The number of carbonyl (C=O) groups is 1. The van der Waals surface area contributed by atoms with Crippen molar-refractivity contribution in [1.82, 2.24) is 5.32 Å². The molecule has 0 aliphatic carbocycles. The largest absolute Gasteiger partial charge is 0.490 e. The Morgan fingerprint density at radius 3 is 2.78 bits per heavy atom. The molecule has 2 N–H and O–H groups in total. The molecular weight excluding hydrogens is 238 g/mol. The monoisotopic (exact) mass is 253 g/mol. The molecule has 0 unspecified atom stereocenters. The summed E-state index contributed by atoms with van der Waals surface area (Å²) in [7, 11) is 1.35. The van der Waals surface area contributed by atoms with Crippen molar-refractivity contribution in [3.63, 3.8) is 0 Å². The summed E-state index contributed by atoms with van der Waals surface area (Å²) in [5.74, 6) is 0.152. The zero-order valence-electron chi connectivity index (χ0n) is 10.2. The van der Waals surface area contributed by atoms with Crippen LogP contribution in [0, 0.1) is 10.1 Å². The quantitative estimate of drug-likeness (QED) is 0.621. The predicted molar refractivity (Wildman–Crippen MR) is 67.0 cm³/mol. The van der Waals surface area contributed by atoms with Crippen LogP contribution in [-0.2, 0) is 0 Å².